The molecule has 7 aromatic carbocycles. The largest absolute Gasteiger partial charge is 1.00 e. The molecule has 0 aliphatic heterocycles. The van der Waals surface area contributed by atoms with Crippen LogP contribution in [0, 0.1) is 6.08 Å². The Morgan fingerprint density at radius 1 is 0.484 bits per heavy atom. The van der Waals surface area contributed by atoms with Crippen molar-refractivity contribution in [3.05, 3.63) is 197 Å². The summed E-state index contributed by atoms with van der Waals surface area (Å²) < 4.78 is 1.47. The molecular formula is C59H64Cl2Hf-2. The van der Waals surface area contributed by atoms with E-state index in [1.165, 1.54) is 80.4 Å². The summed E-state index contributed by atoms with van der Waals surface area (Å²) in [7, 11) is 0. The third kappa shape index (κ3) is 12.4. The van der Waals surface area contributed by atoms with E-state index < -0.39 is 0 Å². The Balaban J connectivity index is 0.000000252. The Labute approximate surface area is 401 Å². The second-order valence-corrected chi connectivity index (χ2v) is 22.2. The zero-order valence-corrected chi connectivity index (χ0v) is 44.1. The summed E-state index contributed by atoms with van der Waals surface area (Å²) in [6.45, 7) is 27.5. The van der Waals surface area contributed by atoms with Crippen molar-refractivity contribution in [2.75, 3.05) is 0 Å². The van der Waals surface area contributed by atoms with E-state index in [0.29, 0.717) is 0 Å². The van der Waals surface area contributed by atoms with Crippen molar-refractivity contribution in [2.24, 2.45) is 0 Å². The maximum Gasteiger partial charge on any atom is -0.109 e. The first-order valence-electron chi connectivity index (χ1n) is 21.6. The van der Waals surface area contributed by atoms with E-state index in [4.69, 9.17) is 0 Å². The second kappa shape index (κ2) is 20.7. The van der Waals surface area contributed by atoms with Gasteiger partial charge in [-0.05, 0) is 44.2 Å². The molecule has 0 N–H and O–H groups in total. The van der Waals surface area contributed by atoms with Crippen LogP contribution in [0.2, 0.25) is 0 Å². The molecule has 1 aliphatic carbocycles. The van der Waals surface area contributed by atoms with Crippen molar-refractivity contribution >= 4 is 24.8 Å². The monoisotopic (exact) mass is 1020 g/mol. The fourth-order valence-electron chi connectivity index (χ4n) is 7.84. The third-order valence-electron chi connectivity index (χ3n) is 11.4. The minimum atomic E-state index is 0. The van der Waals surface area contributed by atoms with Crippen LogP contribution in [-0.4, -0.2) is 3.26 Å². The van der Waals surface area contributed by atoms with Gasteiger partial charge in [0, 0.05) is 0 Å². The fourth-order valence-corrected chi connectivity index (χ4v) is 9.04. The van der Waals surface area contributed by atoms with Gasteiger partial charge in [0.05, 0.1) is 0 Å². The zero-order valence-electron chi connectivity index (χ0n) is 39.0. The van der Waals surface area contributed by atoms with E-state index in [9.17, 15) is 0 Å². The molecule has 320 valence electrons. The van der Waals surface area contributed by atoms with Crippen LogP contribution in [0.4, 0.5) is 0 Å². The molecule has 0 bridgehead atoms. The van der Waals surface area contributed by atoms with Gasteiger partial charge in [0.2, 0.25) is 0 Å². The maximum atomic E-state index is 2.99. The van der Waals surface area contributed by atoms with E-state index in [1.54, 1.807) is 0 Å². The predicted molar refractivity (Wildman–Crippen MR) is 260 cm³/mol. The van der Waals surface area contributed by atoms with Crippen LogP contribution in [0.1, 0.15) is 123 Å². The van der Waals surface area contributed by atoms with Crippen molar-refractivity contribution in [3.63, 3.8) is 0 Å². The molecule has 0 unspecified atom stereocenters. The van der Waals surface area contributed by atoms with Gasteiger partial charge in [-0.1, -0.05) is 114 Å². The zero-order chi connectivity index (χ0) is 43.5. The number of hydrogen-bond acceptors (Lipinski definition) is 0. The van der Waals surface area contributed by atoms with E-state index in [-0.39, 0.29) is 46.5 Å². The van der Waals surface area contributed by atoms with Crippen molar-refractivity contribution in [2.45, 2.75) is 111 Å². The van der Waals surface area contributed by atoms with Crippen LogP contribution in [0.3, 0.4) is 0 Å². The first-order chi connectivity index (χ1) is 28.2. The molecule has 0 heterocycles. The molecule has 8 rings (SSSR count). The van der Waals surface area contributed by atoms with Crippen molar-refractivity contribution < 1.29 is 48.7 Å². The molecule has 0 spiro atoms. The molecule has 3 heteroatoms. The second-order valence-electron chi connectivity index (χ2n) is 20.4. The first-order valence-corrected chi connectivity index (χ1v) is 23.4. The summed E-state index contributed by atoms with van der Waals surface area (Å²) in [6.07, 6.45) is 10.0. The standard InChI is InChI=1S/C33H33.C21H26.C5H5.2ClH.Hf/c1-32(2,3)30-20-26-24(18-28(30)22-13-9-7-10-14-22)17-25-19-29(23-15-11-8-12-16-23)31(21-27(25)26)33(4,5)6;1-20(2,3)18-11-7-16(8-12-18)15-17-9-13-19(14-10-17)21(4,5)6;1-2-4-5-3-1;;;/h7-21H,1-6H3;7-14H,1-6H3;1-3H,4H2;2*1H;/q-1;;-1;;;+2/p-2. The SMILES string of the molecule is CC(C)(C)c1cc2c(cc1-c1ccccc1)[cH-]c1cc(-c3ccccc3)c(C(C)(C)C)cc12.CC(C)(C)c1ccc([C](=[Hf+2])c2ccc(C(C)(C)C)cc2)cc1.[C-]1=CC=CC1.[Cl-].[Cl-]. The summed E-state index contributed by atoms with van der Waals surface area (Å²) in [5, 5.41) is 5.36. The molecule has 62 heavy (non-hydrogen) atoms. The Morgan fingerprint density at radius 2 is 0.855 bits per heavy atom. The number of hydrogen-bond donors (Lipinski definition) is 0. The normalized spacial score (nSPS) is 12.5. The molecule has 1 aliphatic rings. The molecule has 0 saturated carbocycles. The Morgan fingerprint density at radius 3 is 1.13 bits per heavy atom. The van der Waals surface area contributed by atoms with E-state index in [2.05, 4.69) is 235 Å². The van der Waals surface area contributed by atoms with Gasteiger partial charge in [0.1, 0.15) is 0 Å². The molecule has 0 radical (unpaired) electrons. The van der Waals surface area contributed by atoms with E-state index in [0.717, 1.165) is 30.3 Å². The van der Waals surface area contributed by atoms with Gasteiger partial charge in [0.25, 0.3) is 0 Å². The van der Waals surface area contributed by atoms with Crippen LogP contribution in [0.15, 0.2) is 158 Å². The third-order valence-corrected chi connectivity index (χ3v) is 13.5. The average Bonchev–Trinajstić information content (AvgIpc) is 3.91. The predicted octanol–water partition coefficient (Wildman–Crippen LogP) is 10.4. The van der Waals surface area contributed by atoms with Gasteiger partial charge < -0.3 is 24.8 Å². The smallest absolute Gasteiger partial charge is 0.109 e. The van der Waals surface area contributed by atoms with Gasteiger partial charge >= 0.3 is 150 Å². The minimum absolute atomic E-state index is 0. The molecule has 7 aromatic rings. The number of benzene rings is 6. The summed E-state index contributed by atoms with van der Waals surface area (Å²) in [6, 6.07) is 51.9. The van der Waals surface area contributed by atoms with Gasteiger partial charge in [-0.2, -0.15) is 6.08 Å². The molecule has 0 nitrogen and oxygen atoms in total. The average molecular weight is 1020 g/mol. The van der Waals surface area contributed by atoms with Crippen LogP contribution in [-0.2, 0) is 45.6 Å². The van der Waals surface area contributed by atoms with Crippen LogP contribution >= 0.6 is 0 Å². The van der Waals surface area contributed by atoms with Gasteiger partial charge in [-0.3, -0.25) is 6.08 Å². The summed E-state index contributed by atoms with van der Waals surface area (Å²) in [5.74, 6) is 0. The molecular weight excluding hydrogens is 958 g/mol. The minimum Gasteiger partial charge on any atom is -1.00 e. The van der Waals surface area contributed by atoms with Crippen LogP contribution in [0.25, 0.3) is 43.8 Å². The molecule has 0 amide bonds. The Hall–Kier alpha value is -4.01. The number of allylic oxidation sites excluding steroid dienone is 4. The van der Waals surface area contributed by atoms with E-state index >= 15 is 0 Å². The molecule has 0 saturated heterocycles. The van der Waals surface area contributed by atoms with Crippen LogP contribution in [0.5, 0.6) is 0 Å². The quantitative estimate of drug-likeness (QED) is 0.122. The topological polar surface area (TPSA) is 0 Å². The Bertz CT molecular complexity index is 2430. The number of fused-ring (bicyclic) bond motifs is 3. The van der Waals surface area contributed by atoms with Crippen molar-refractivity contribution in [3.8, 4) is 22.3 Å². The Kier molecular flexibility index (Phi) is 16.9. The van der Waals surface area contributed by atoms with Crippen LogP contribution < -0.4 is 24.8 Å². The number of halogens is 2. The van der Waals surface area contributed by atoms with Gasteiger partial charge in [0.15, 0.2) is 0 Å². The molecule has 0 aromatic heterocycles. The molecule has 0 fully saturated rings. The van der Waals surface area contributed by atoms with Crippen molar-refractivity contribution in [1.29, 1.82) is 0 Å². The number of rotatable bonds is 4. The summed E-state index contributed by atoms with van der Waals surface area (Å²) in [4.78, 5) is 0. The summed E-state index contributed by atoms with van der Waals surface area (Å²) >= 11 is 1.06. The van der Waals surface area contributed by atoms with Gasteiger partial charge in [-0.15, -0.1) is 46.2 Å². The summed E-state index contributed by atoms with van der Waals surface area (Å²) in [5.41, 5.74) is 14.1. The molecule has 0 atom stereocenters. The first kappa shape index (κ1) is 50.6. The van der Waals surface area contributed by atoms with Gasteiger partial charge in [-0.25, -0.2) is 12.2 Å². The van der Waals surface area contributed by atoms with E-state index in [1.807, 2.05) is 12.2 Å². The fraction of sp³-hybridized carbons (Fsp3) is 0.288. The van der Waals surface area contributed by atoms with Crippen molar-refractivity contribution in [1.82, 2.24) is 0 Å². The maximum absolute atomic E-state index is 2.99.